The van der Waals surface area contributed by atoms with Crippen molar-refractivity contribution in [2.75, 3.05) is 18.8 Å². The zero-order valence-corrected chi connectivity index (χ0v) is 13.5. The van der Waals surface area contributed by atoms with Gasteiger partial charge in [0, 0.05) is 19.1 Å². The van der Waals surface area contributed by atoms with Crippen molar-refractivity contribution in [1.29, 1.82) is 0 Å². The lowest BCUT2D eigenvalue weighted by molar-refractivity contribution is 0.0905. The number of H-pyrrole nitrogens is 1. The largest absolute Gasteiger partial charge is 0.384 e. The first kappa shape index (κ1) is 17.2. The van der Waals surface area contributed by atoms with E-state index in [1.165, 1.54) is 4.57 Å². The fourth-order valence-electron chi connectivity index (χ4n) is 3.21. The van der Waals surface area contributed by atoms with Gasteiger partial charge in [0.05, 0.1) is 6.54 Å². The van der Waals surface area contributed by atoms with Gasteiger partial charge in [0.15, 0.2) is 5.78 Å². The molecule has 1 aromatic heterocycles. The third-order valence-electron chi connectivity index (χ3n) is 4.39. The number of ketones is 1. The quantitative estimate of drug-likeness (QED) is 0.570. The maximum atomic E-state index is 12.6. The zero-order valence-electron chi connectivity index (χ0n) is 13.5. The summed E-state index contributed by atoms with van der Waals surface area (Å²) >= 11 is 0. The second kappa shape index (κ2) is 7.41. The average Bonchev–Trinajstić information content (AvgIpc) is 3.00. The molecule has 7 nitrogen and oxygen atoms in total. The third-order valence-corrected chi connectivity index (χ3v) is 4.39. The Bertz CT molecular complexity index is 698. The van der Waals surface area contributed by atoms with E-state index in [1.807, 2.05) is 4.90 Å². The molecule has 0 atom stereocenters. The molecule has 7 heteroatoms. The number of carbonyl (C=O) groups excluding carboxylic acids is 1. The van der Waals surface area contributed by atoms with Gasteiger partial charge in [-0.25, -0.2) is 4.79 Å². The lowest BCUT2D eigenvalue weighted by Gasteiger charge is -2.26. The topological polar surface area (TPSA) is 101 Å². The first-order valence-corrected chi connectivity index (χ1v) is 8.00. The van der Waals surface area contributed by atoms with Crippen molar-refractivity contribution in [2.24, 2.45) is 0 Å². The van der Waals surface area contributed by atoms with E-state index >= 15 is 0 Å². The molecule has 0 radical (unpaired) electrons. The maximum absolute atomic E-state index is 12.6. The predicted molar refractivity (Wildman–Crippen MR) is 89.8 cm³/mol. The highest BCUT2D eigenvalue weighted by Gasteiger charge is 2.26. The number of nitrogens with two attached hydrogens (primary N) is 1. The van der Waals surface area contributed by atoms with Crippen LogP contribution in [-0.4, -0.2) is 39.4 Å². The van der Waals surface area contributed by atoms with Gasteiger partial charge < -0.3 is 5.73 Å². The van der Waals surface area contributed by atoms with E-state index in [9.17, 15) is 14.4 Å². The Morgan fingerprint density at radius 2 is 2.09 bits per heavy atom. The van der Waals surface area contributed by atoms with Crippen LogP contribution in [0.2, 0.25) is 0 Å². The standard InChI is InChI=1S/C16H24N4O3/c1-3-9-19(11-7-5-6-8-11)10-12(21)13-14(17)20(4-2)16(23)18-15(13)22/h3,11H,1,4-10,17H2,2H3,(H,18,22,23). The van der Waals surface area contributed by atoms with Crippen LogP contribution < -0.4 is 17.0 Å². The van der Waals surface area contributed by atoms with Crippen LogP contribution in [0.25, 0.3) is 0 Å². The van der Waals surface area contributed by atoms with Gasteiger partial charge in [-0.2, -0.15) is 0 Å². The van der Waals surface area contributed by atoms with Crippen LogP contribution in [0.15, 0.2) is 22.2 Å². The molecular weight excluding hydrogens is 296 g/mol. The number of anilines is 1. The fraction of sp³-hybridized carbons (Fsp3) is 0.562. The SMILES string of the molecule is C=CCN(CC(=O)c1c(N)n(CC)c(=O)[nH]c1=O)C1CCCC1. The summed E-state index contributed by atoms with van der Waals surface area (Å²) in [5, 5.41) is 0. The minimum atomic E-state index is -0.716. The second-order valence-electron chi connectivity index (χ2n) is 5.84. The molecule has 1 aliphatic carbocycles. The van der Waals surface area contributed by atoms with Gasteiger partial charge in [0.2, 0.25) is 0 Å². The number of carbonyl (C=O) groups is 1. The van der Waals surface area contributed by atoms with E-state index < -0.39 is 11.2 Å². The summed E-state index contributed by atoms with van der Waals surface area (Å²) in [6.07, 6.45) is 6.14. The number of hydrogen-bond donors (Lipinski definition) is 2. The molecule has 0 saturated heterocycles. The first-order chi connectivity index (χ1) is 11.0. The summed E-state index contributed by atoms with van der Waals surface area (Å²) < 4.78 is 1.20. The second-order valence-corrected chi connectivity index (χ2v) is 5.84. The molecular formula is C16H24N4O3. The Morgan fingerprint density at radius 1 is 1.43 bits per heavy atom. The van der Waals surface area contributed by atoms with Gasteiger partial charge in [-0.05, 0) is 19.8 Å². The fourth-order valence-corrected chi connectivity index (χ4v) is 3.21. The summed E-state index contributed by atoms with van der Waals surface area (Å²) in [6.45, 7) is 6.44. The highest BCUT2D eigenvalue weighted by atomic mass is 16.2. The molecule has 3 N–H and O–H groups in total. The van der Waals surface area contributed by atoms with Gasteiger partial charge >= 0.3 is 5.69 Å². The van der Waals surface area contributed by atoms with Gasteiger partial charge in [0.1, 0.15) is 11.4 Å². The smallest absolute Gasteiger partial charge is 0.329 e. The number of hydrogen-bond acceptors (Lipinski definition) is 5. The Labute approximate surface area is 134 Å². The number of nitrogens with one attached hydrogen (secondary N) is 1. The summed E-state index contributed by atoms with van der Waals surface area (Å²) in [4.78, 5) is 40.5. The highest BCUT2D eigenvalue weighted by Crippen LogP contribution is 2.23. The molecule has 0 aliphatic heterocycles. The van der Waals surface area contributed by atoms with Crippen LogP contribution in [0.1, 0.15) is 43.0 Å². The minimum Gasteiger partial charge on any atom is -0.384 e. The van der Waals surface area contributed by atoms with E-state index in [1.54, 1.807) is 13.0 Å². The number of aromatic nitrogens is 2. The molecule has 0 bridgehead atoms. The van der Waals surface area contributed by atoms with Crippen LogP contribution in [0.4, 0.5) is 5.82 Å². The molecule has 1 heterocycles. The van der Waals surface area contributed by atoms with E-state index in [-0.39, 0.29) is 23.7 Å². The average molecular weight is 320 g/mol. The highest BCUT2D eigenvalue weighted by molar-refractivity contribution is 6.01. The maximum Gasteiger partial charge on any atom is 0.329 e. The molecule has 0 amide bonds. The van der Waals surface area contributed by atoms with Crippen LogP contribution in [0.5, 0.6) is 0 Å². The number of nitrogen functional groups attached to an aromatic ring is 1. The van der Waals surface area contributed by atoms with E-state index in [0.717, 1.165) is 25.7 Å². The molecule has 0 unspecified atom stereocenters. The molecule has 1 fully saturated rings. The Kier molecular flexibility index (Phi) is 5.54. The number of nitrogens with zero attached hydrogens (tertiary/aromatic N) is 2. The molecule has 1 aromatic rings. The van der Waals surface area contributed by atoms with Crippen molar-refractivity contribution in [3.8, 4) is 0 Å². The van der Waals surface area contributed by atoms with Gasteiger partial charge in [-0.15, -0.1) is 6.58 Å². The molecule has 1 aliphatic rings. The summed E-state index contributed by atoms with van der Waals surface area (Å²) in [6, 6.07) is 0.328. The Hall–Kier alpha value is -2.15. The molecule has 1 saturated carbocycles. The Balaban J connectivity index is 2.30. The summed E-state index contributed by atoms with van der Waals surface area (Å²) in [5.74, 6) is -0.420. The molecule has 0 aromatic carbocycles. The van der Waals surface area contributed by atoms with Gasteiger partial charge in [-0.3, -0.25) is 24.0 Å². The summed E-state index contributed by atoms with van der Waals surface area (Å²) in [7, 11) is 0. The summed E-state index contributed by atoms with van der Waals surface area (Å²) in [5.41, 5.74) is 4.45. The van der Waals surface area contributed by atoms with E-state index in [4.69, 9.17) is 5.73 Å². The lowest BCUT2D eigenvalue weighted by Crippen LogP contribution is -2.41. The first-order valence-electron chi connectivity index (χ1n) is 8.00. The van der Waals surface area contributed by atoms with Crippen LogP contribution in [0, 0.1) is 0 Å². The van der Waals surface area contributed by atoms with Gasteiger partial charge in [-0.1, -0.05) is 18.9 Å². The number of rotatable bonds is 7. The van der Waals surface area contributed by atoms with Gasteiger partial charge in [0.25, 0.3) is 5.56 Å². The van der Waals surface area contributed by atoms with Crippen molar-refractivity contribution in [1.82, 2.24) is 14.5 Å². The van der Waals surface area contributed by atoms with E-state index in [2.05, 4.69) is 11.6 Å². The molecule has 126 valence electrons. The van der Waals surface area contributed by atoms with Crippen molar-refractivity contribution in [3.63, 3.8) is 0 Å². The normalized spacial score (nSPS) is 15.2. The van der Waals surface area contributed by atoms with Crippen molar-refractivity contribution in [3.05, 3.63) is 39.1 Å². The molecule has 0 spiro atoms. The van der Waals surface area contributed by atoms with Crippen molar-refractivity contribution in [2.45, 2.75) is 45.2 Å². The predicted octanol–water partition coefficient (Wildman–Crippen LogP) is 0.752. The molecule has 2 rings (SSSR count). The van der Waals surface area contributed by atoms with Crippen LogP contribution in [0.3, 0.4) is 0 Å². The van der Waals surface area contributed by atoms with Crippen LogP contribution >= 0.6 is 0 Å². The number of aromatic amines is 1. The number of Topliss-reactive ketones (excluding diaryl/α,β-unsaturated/α-hetero) is 1. The zero-order chi connectivity index (χ0) is 17.0. The monoisotopic (exact) mass is 320 g/mol. The van der Waals surface area contributed by atoms with E-state index in [0.29, 0.717) is 19.1 Å². The van der Waals surface area contributed by atoms with Crippen molar-refractivity contribution >= 4 is 11.6 Å². The Morgan fingerprint density at radius 3 is 2.65 bits per heavy atom. The van der Waals surface area contributed by atoms with Crippen LogP contribution in [-0.2, 0) is 6.54 Å². The molecule has 23 heavy (non-hydrogen) atoms. The van der Waals surface area contributed by atoms with Crippen molar-refractivity contribution < 1.29 is 4.79 Å². The third kappa shape index (κ3) is 3.61. The lowest BCUT2D eigenvalue weighted by atomic mass is 10.1. The minimum absolute atomic E-state index is 0.0591.